The van der Waals surface area contributed by atoms with Crippen LogP contribution in [0.25, 0.3) is 0 Å². The molecule has 1 heterocycles. The molecule has 1 aliphatic rings. The zero-order chi connectivity index (χ0) is 32.0. The van der Waals surface area contributed by atoms with E-state index in [0.29, 0.717) is 19.3 Å². The van der Waals surface area contributed by atoms with Crippen LogP contribution in [0.2, 0.25) is 36.3 Å². The highest BCUT2D eigenvalue weighted by molar-refractivity contribution is 7.90. The molecule has 1 aliphatic carbocycles. The van der Waals surface area contributed by atoms with Crippen molar-refractivity contribution in [2.24, 2.45) is 0 Å². The van der Waals surface area contributed by atoms with Gasteiger partial charge in [-0.15, -0.1) is 4.72 Å². The first kappa shape index (κ1) is 36.8. The first-order valence-electron chi connectivity index (χ1n) is 14.7. The van der Waals surface area contributed by atoms with Crippen LogP contribution in [-0.4, -0.2) is 48.5 Å². The second kappa shape index (κ2) is 12.2. The van der Waals surface area contributed by atoms with Crippen molar-refractivity contribution in [2.75, 3.05) is 0 Å². The van der Waals surface area contributed by atoms with E-state index in [2.05, 4.69) is 77.4 Å². The van der Waals surface area contributed by atoms with Gasteiger partial charge in [0.2, 0.25) is 11.9 Å². The number of hydrogen-bond acceptors (Lipinski definition) is 5. The van der Waals surface area contributed by atoms with Gasteiger partial charge in [-0.05, 0) is 82.0 Å². The first-order valence-corrected chi connectivity index (χ1v) is 21.6. The minimum absolute atomic E-state index is 0.00233. The maximum atomic E-state index is 15.4. The lowest BCUT2D eigenvalue weighted by Gasteiger charge is -2.56. The van der Waals surface area contributed by atoms with Crippen molar-refractivity contribution in [1.29, 1.82) is 0 Å². The molecule has 41 heavy (non-hydrogen) atoms. The number of pyridine rings is 1. The maximum Gasteiger partial charge on any atom is 0.249 e. The van der Waals surface area contributed by atoms with E-state index < -0.39 is 62.7 Å². The number of alkyl halides is 2. The fourth-order valence-electron chi connectivity index (χ4n) is 4.54. The van der Waals surface area contributed by atoms with Gasteiger partial charge in [0.05, 0.1) is 17.7 Å². The molecule has 5 nitrogen and oxygen atoms in total. The summed E-state index contributed by atoms with van der Waals surface area (Å²) in [5, 5.41) is -0.0161. The summed E-state index contributed by atoms with van der Waals surface area (Å²) >= 11 is -1.55. The minimum atomic E-state index is -2.97. The van der Waals surface area contributed by atoms with Crippen LogP contribution in [0.4, 0.5) is 13.2 Å². The van der Waals surface area contributed by atoms with Crippen LogP contribution in [0.3, 0.4) is 0 Å². The van der Waals surface area contributed by atoms with Crippen molar-refractivity contribution in [1.82, 2.24) is 9.71 Å². The third kappa shape index (κ3) is 9.78. The smallest absolute Gasteiger partial charge is 0.249 e. The Hall–Kier alpha value is -0.436. The molecule has 1 unspecified atom stereocenters. The summed E-state index contributed by atoms with van der Waals surface area (Å²) < 4.78 is 72.9. The van der Waals surface area contributed by atoms with Crippen molar-refractivity contribution in [3.8, 4) is 0 Å². The lowest BCUT2D eigenvalue weighted by atomic mass is 9.73. The van der Waals surface area contributed by atoms with Crippen LogP contribution in [0, 0.1) is 5.95 Å². The van der Waals surface area contributed by atoms with Crippen LogP contribution < -0.4 is 4.72 Å². The molecule has 1 N–H and O–H groups in total. The Morgan fingerprint density at radius 2 is 1.51 bits per heavy atom. The van der Waals surface area contributed by atoms with Gasteiger partial charge in [-0.1, -0.05) is 41.5 Å². The normalized spacial score (nSPS) is 22.8. The molecule has 0 radical (unpaired) electrons. The molecule has 1 aromatic rings. The van der Waals surface area contributed by atoms with E-state index >= 15 is 4.39 Å². The SMILES string of the molecule is CC(F)(F)Cc1cnc(F)c([C@@H](CC2(O[Si](C)(C)C(C)(C)C)CC(O[Si](C)(C)C(C)(C)C)C2)N[S+]([O-])C(C)(C)C)c1. The highest BCUT2D eigenvalue weighted by Gasteiger charge is 2.55. The number of nitrogens with zero attached hydrogens (tertiary/aromatic N) is 1. The number of halogens is 3. The molecule has 0 spiro atoms. The van der Waals surface area contributed by atoms with Crippen molar-refractivity contribution >= 4 is 28.0 Å². The monoisotopic (exact) mass is 636 g/mol. The standard InChI is InChI=1S/C30H55F3N2O3SSi2/c1-26(2,3)39(36)35-24(23-15-21(16-29(10,32)33)20-34-25(23)31)19-30(38-41(13,14)28(7,8)9)17-22(18-30)37-40(11,12)27(4,5)6/h15,20,22,24,35H,16-19H2,1-14H3/t22?,24-,30?,39?/m1/s1. The van der Waals surface area contributed by atoms with Crippen LogP contribution in [0.15, 0.2) is 12.3 Å². The number of rotatable bonds is 11. The van der Waals surface area contributed by atoms with E-state index in [4.69, 9.17) is 8.85 Å². The fourth-order valence-corrected chi connectivity index (χ4v) is 8.35. The molecular formula is C30H55F3N2O3SSi2. The van der Waals surface area contributed by atoms with Crippen molar-refractivity contribution in [3.63, 3.8) is 0 Å². The molecule has 1 saturated carbocycles. The van der Waals surface area contributed by atoms with E-state index in [1.54, 1.807) is 0 Å². The van der Waals surface area contributed by atoms with Gasteiger partial charge in [-0.2, -0.15) is 4.39 Å². The zero-order valence-corrected chi connectivity index (χ0v) is 30.7. The maximum absolute atomic E-state index is 15.4. The molecule has 1 fully saturated rings. The third-order valence-corrected chi connectivity index (χ3v) is 19.6. The van der Waals surface area contributed by atoms with Gasteiger partial charge < -0.3 is 13.4 Å². The lowest BCUT2D eigenvalue weighted by Crippen LogP contribution is -2.61. The summed E-state index contributed by atoms with van der Waals surface area (Å²) in [4.78, 5) is 3.84. The Kier molecular flexibility index (Phi) is 10.9. The van der Waals surface area contributed by atoms with E-state index in [1.165, 1.54) is 6.07 Å². The average Bonchev–Trinajstić information content (AvgIpc) is 2.69. The molecule has 0 saturated heterocycles. The Morgan fingerprint density at radius 3 is 1.95 bits per heavy atom. The summed E-state index contributed by atoms with van der Waals surface area (Å²) in [5.41, 5.74) is -0.280. The first-order chi connectivity index (χ1) is 18.1. The van der Waals surface area contributed by atoms with Gasteiger partial charge in [0, 0.05) is 42.4 Å². The van der Waals surface area contributed by atoms with Crippen molar-refractivity contribution in [2.45, 2.75) is 160 Å². The van der Waals surface area contributed by atoms with Gasteiger partial charge >= 0.3 is 0 Å². The largest absolute Gasteiger partial charge is 0.598 e. The van der Waals surface area contributed by atoms with Crippen molar-refractivity contribution in [3.05, 3.63) is 29.3 Å². The molecule has 238 valence electrons. The van der Waals surface area contributed by atoms with Crippen LogP contribution >= 0.6 is 0 Å². The molecular weight excluding hydrogens is 582 g/mol. The van der Waals surface area contributed by atoms with Gasteiger partial charge in [0.25, 0.3) is 0 Å². The van der Waals surface area contributed by atoms with Gasteiger partial charge in [0.15, 0.2) is 16.6 Å². The quantitative estimate of drug-likeness (QED) is 0.149. The predicted molar refractivity (Wildman–Crippen MR) is 169 cm³/mol. The Labute approximate surface area is 252 Å². The van der Waals surface area contributed by atoms with Gasteiger partial charge in [-0.3, -0.25) is 0 Å². The number of nitrogens with one attached hydrogen (secondary N) is 1. The summed E-state index contributed by atoms with van der Waals surface area (Å²) in [6.07, 6.45) is 2.19. The topological polar surface area (TPSA) is 66.4 Å². The van der Waals surface area contributed by atoms with Crippen LogP contribution in [0.5, 0.6) is 0 Å². The molecule has 1 aromatic heterocycles. The van der Waals surface area contributed by atoms with Gasteiger partial charge in [-0.25, -0.2) is 13.8 Å². The molecule has 2 atom stereocenters. The molecule has 0 bridgehead atoms. The molecule has 0 amide bonds. The molecule has 2 rings (SSSR count). The number of aromatic nitrogens is 1. The Bertz CT molecular complexity index is 1040. The summed E-state index contributed by atoms with van der Waals surface area (Å²) in [7, 11) is -4.33. The summed E-state index contributed by atoms with van der Waals surface area (Å²) in [6.45, 7) is 28.4. The highest BCUT2D eigenvalue weighted by Crippen LogP contribution is 2.52. The zero-order valence-electron chi connectivity index (χ0n) is 27.9. The Balaban J connectivity index is 2.54. The van der Waals surface area contributed by atoms with Crippen molar-refractivity contribution < 1.29 is 26.6 Å². The fraction of sp³-hybridized carbons (Fsp3) is 0.833. The second-order valence-electron chi connectivity index (χ2n) is 16.2. The molecule has 0 aliphatic heterocycles. The third-order valence-electron chi connectivity index (χ3n) is 8.94. The van der Waals surface area contributed by atoms with Gasteiger partial charge in [0.1, 0.15) is 4.75 Å². The lowest BCUT2D eigenvalue weighted by molar-refractivity contribution is -0.105. The minimum Gasteiger partial charge on any atom is -0.598 e. The summed E-state index contributed by atoms with van der Waals surface area (Å²) in [5.74, 6) is -3.73. The second-order valence-corrected chi connectivity index (χ2v) is 27.7. The van der Waals surface area contributed by atoms with E-state index in [-0.39, 0.29) is 27.3 Å². The average molecular weight is 637 g/mol. The Morgan fingerprint density at radius 1 is 1.00 bits per heavy atom. The van der Waals surface area contributed by atoms with Crippen LogP contribution in [0.1, 0.15) is 106 Å². The summed E-state index contributed by atoms with van der Waals surface area (Å²) in [6, 6.07) is 0.686. The predicted octanol–water partition coefficient (Wildman–Crippen LogP) is 8.85. The van der Waals surface area contributed by atoms with E-state index in [1.807, 2.05) is 20.8 Å². The molecule has 11 heteroatoms. The van der Waals surface area contributed by atoms with E-state index in [0.717, 1.165) is 13.1 Å². The number of hydrogen-bond donors (Lipinski definition) is 1. The van der Waals surface area contributed by atoms with Crippen LogP contribution in [-0.2, 0) is 26.6 Å². The molecule has 0 aromatic carbocycles. The van der Waals surface area contributed by atoms with E-state index in [9.17, 15) is 13.3 Å². The highest BCUT2D eigenvalue weighted by atomic mass is 32.2.